The normalized spacial score (nSPS) is 13.5. The van der Waals surface area contributed by atoms with Crippen molar-refractivity contribution in [1.82, 2.24) is 30.5 Å². The Morgan fingerprint density at radius 1 is 1.26 bits per heavy atom. The van der Waals surface area contributed by atoms with E-state index >= 15 is 0 Å². The van der Waals surface area contributed by atoms with Crippen molar-refractivity contribution in [3.63, 3.8) is 0 Å². The van der Waals surface area contributed by atoms with Gasteiger partial charge in [0.25, 0.3) is 5.91 Å². The maximum absolute atomic E-state index is 13.2. The Balaban J connectivity index is 1.59. The van der Waals surface area contributed by atoms with E-state index in [2.05, 4.69) is 25.6 Å². The molecule has 31 heavy (non-hydrogen) atoms. The molecule has 0 spiro atoms. The highest BCUT2D eigenvalue weighted by Crippen LogP contribution is 2.22. The minimum atomic E-state index is -0.329. The lowest BCUT2D eigenvalue weighted by atomic mass is 10.2. The van der Waals surface area contributed by atoms with Gasteiger partial charge in [-0.3, -0.25) is 4.79 Å². The molecular weight excluding hydrogens is 399 g/mol. The maximum atomic E-state index is 13.2. The number of fused-ring (bicyclic) bond motifs is 1. The number of nitrogens with zero attached hydrogens (tertiary/aromatic N) is 3. The van der Waals surface area contributed by atoms with E-state index in [1.165, 1.54) is 18.3 Å². The van der Waals surface area contributed by atoms with Gasteiger partial charge in [-0.05, 0) is 50.5 Å². The molecule has 160 valence electrons. The van der Waals surface area contributed by atoms with E-state index in [-0.39, 0.29) is 11.7 Å². The Morgan fingerprint density at radius 3 is 2.84 bits per heavy atom. The number of H-pyrrole nitrogens is 1. The number of ether oxygens (including phenoxy) is 1. The summed E-state index contributed by atoms with van der Waals surface area (Å²) in [5.74, 6) is 0.500. The largest absolute Gasteiger partial charge is 0.490 e. The highest BCUT2D eigenvalue weighted by molar-refractivity contribution is 6.05. The van der Waals surface area contributed by atoms with Gasteiger partial charge in [0.2, 0.25) is 0 Å². The Labute approximate surface area is 178 Å². The second kappa shape index (κ2) is 8.97. The summed E-state index contributed by atoms with van der Waals surface area (Å²) in [6.07, 6.45) is 5.11. The molecule has 3 N–H and O–H groups in total. The van der Waals surface area contributed by atoms with Crippen LogP contribution in [0.1, 0.15) is 10.4 Å². The molecule has 8 nitrogen and oxygen atoms in total. The Morgan fingerprint density at radius 2 is 2.06 bits per heavy atom. The minimum Gasteiger partial charge on any atom is -0.490 e. The van der Waals surface area contributed by atoms with Crippen LogP contribution < -0.4 is 10.6 Å². The van der Waals surface area contributed by atoms with Crippen LogP contribution in [0.25, 0.3) is 22.6 Å². The van der Waals surface area contributed by atoms with Gasteiger partial charge in [0.15, 0.2) is 5.65 Å². The fraction of sp³-hybridized carbons (Fsp3) is 0.227. The van der Waals surface area contributed by atoms with Gasteiger partial charge in [-0.2, -0.15) is 0 Å². The second-order valence-corrected chi connectivity index (χ2v) is 7.31. The van der Waals surface area contributed by atoms with Crippen molar-refractivity contribution in [3.05, 3.63) is 71.6 Å². The molecule has 2 aromatic heterocycles. The lowest BCUT2D eigenvalue weighted by Crippen LogP contribution is -2.32. The topological polar surface area (TPSA) is 95.2 Å². The van der Waals surface area contributed by atoms with Crippen molar-refractivity contribution in [1.29, 1.82) is 0 Å². The number of halogens is 1. The first kappa shape index (κ1) is 20.5. The summed E-state index contributed by atoms with van der Waals surface area (Å²) in [5.41, 5.74) is 2.67. The molecule has 1 aliphatic rings. The second-order valence-electron chi connectivity index (χ2n) is 7.31. The molecule has 9 heteroatoms. The van der Waals surface area contributed by atoms with Gasteiger partial charge < -0.3 is 25.3 Å². The van der Waals surface area contributed by atoms with Crippen LogP contribution in [0, 0.1) is 5.82 Å². The van der Waals surface area contributed by atoms with Crippen molar-refractivity contribution >= 4 is 17.1 Å². The van der Waals surface area contributed by atoms with Gasteiger partial charge in [0, 0.05) is 24.5 Å². The number of hydrogen-bond donors (Lipinski definition) is 3. The third-order valence-electron chi connectivity index (χ3n) is 4.74. The van der Waals surface area contributed by atoms with Crippen LogP contribution in [0.3, 0.4) is 0 Å². The van der Waals surface area contributed by atoms with Crippen LogP contribution in [-0.4, -0.2) is 59.6 Å². The Bertz CT molecular complexity index is 1150. The lowest BCUT2D eigenvalue weighted by molar-refractivity contribution is 0.0961. The van der Waals surface area contributed by atoms with Crippen LogP contribution in [0.4, 0.5) is 4.39 Å². The number of carbonyl (C=O) groups is 1. The van der Waals surface area contributed by atoms with E-state index in [0.717, 1.165) is 6.54 Å². The summed E-state index contributed by atoms with van der Waals surface area (Å²) in [5, 5.41) is 6.02. The molecule has 0 aliphatic carbocycles. The highest BCUT2D eigenvalue weighted by Gasteiger charge is 2.18. The third kappa shape index (κ3) is 4.72. The Kier molecular flexibility index (Phi) is 5.94. The van der Waals surface area contributed by atoms with Gasteiger partial charge in [-0.25, -0.2) is 14.4 Å². The first-order valence-electron chi connectivity index (χ1n) is 9.84. The number of likely N-dealkylation sites (N-methyl/N-ethyl adjacent to an activating group) is 1. The molecule has 0 saturated heterocycles. The van der Waals surface area contributed by atoms with Crippen LogP contribution in [0.15, 0.2) is 60.3 Å². The Hall–Kier alpha value is -3.72. The summed E-state index contributed by atoms with van der Waals surface area (Å²) in [4.78, 5) is 26.9. The molecule has 0 radical (unpaired) electrons. The molecular formula is C22H23FN6O2. The van der Waals surface area contributed by atoms with Crippen molar-refractivity contribution in [2.45, 2.75) is 0 Å². The molecule has 0 atom stereocenters. The zero-order valence-corrected chi connectivity index (χ0v) is 17.3. The predicted octanol–water partition coefficient (Wildman–Crippen LogP) is 2.40. The average Bonchev–Trinajstić information content (AvgIpc) is 3.19. The molecule has 1 aliphatic heterocycles. The van der Waals surface area contributed by atoms with Crippen molar-refractivity contribution in [3.8, 4) is 11.4 Å². The number of aromatic nitrogens is 3. The molecule has 3 heterocycles. The smallest absolute Gasteiger partial charge is 0.257 e. The van der Waals surface area contributed by atoms with Crippen LogP contribution >= 0.6 is 0 Å². The summed E-state index contributed by atoms with van der Waals surface area (Å²) >= 11 is 0. The fourth-order valence-electron chi connectivity index (χ4n) is 3.11. The maximum Gasteiger partial charge on any atom is 0.257 e. The molecule has 0 bridgehead atoms. The quantitative estimate of drug-likeness (QED) is 0.541. The van der Waals surface area contributed by atoms with E-state index in [4.69, 9.17) is 4.74 Å². The third-order valence-corrected chi connectivity index (χ3v) is 4.74. The van der Waals surface area contributed by atoms with Crippen molar-refractivity contribution < 1.29 is 13.9 Å². The number of nitrogens with one attached hydrogen (secondary N) is 3. The average molecular weight is 422 g/mol. The number of dihydropyridines is 1. The van der Waals surface area contributed by atoms with Gasteiger partial charge in [0.1, 0.15) is 24.0 Å². The number of benzene rings is 1. The molecule has 0 saturated carbocycles. The minimum absolute atomic E-state index is 0.303. The number of carbonyl (C=O) groups excluding carboxylic acids is 1. The number of rotatable bonds is 7. The number of allylic oxidation sites excluding steroid dienone is 1. The number of imidazole rings is 1. The van der Waals surface area contributed by atoms with Crippen LogP contribution in [-0.2, 0) is 4.74 Å². The summed E-state index contributed by atoms with van der Waals surface area (Å²) < 4.78 is 19.1. The van der Waals surface area contributed by atoms with E-state index < -0.39 is 0 Å². The number of pyridine rings is 1. The summed E-state index contributed by atoms with van der Waals surface area (Å²) in [6, 6.07) is 7.59. The molecule has 1 aromatic carbocycles. The summed E-state index contributed by atoms with van der Waals surface area (Å²) in [7, 11) is 3.94. The van der Waals surface area contributed by atoms with Crippen LogP contribution in [0.5, 0.6) is 0 Å². The summed E-state index contributed by atoms with van der Waals surface area (Å²) in [6.45, 7) is 1.71. The zero-order valence-electron chi connectivity index (χ0n) is 17.3. The lowest BCUT2D eigenvalue weighted by Gasteiger charge is -2.19. The van der Waals surface area contributed by atoms with Gasteiger partial charge >= 0.3 is 0 Å². The first-order chi connectivity index (χ1) is 15.0. The van der Waals surface area contributed by atoms with E-state index in [0.29, 0.717) is 52.7 Å². The first-order valence-corrected chi connectivity index (χ1v) is 9.84. The fourth-order valence-corrected chi connectivity index (χ4v) is 3.11. The van der Waals surface area contributed by atoms with E-state index in [1.54, 1.807) is 30.5 Å². The monoisotopic (exact) mass is 422 g/mol. The predicted molar refractivity (Wildman–Crippen MR) is 115 cm³/mol. The van der Waals surface area contributed by atoms with Crippen molar-refractivity contribution in [2.75, 3.05) is 33.8 Å². The van der Waals surface area contributed by atoms with E-state index in [1.807, 2.05) is 19.0 Å². The van der Waals surface area contributed by atoms with Gasteiger partial charge in [-0.15, -0.1) is 0 Å². The van der Waals surface area contributed by atoms with Gasteiger partial charge in [-0.1, -0.05) is 0 Å². The highest BCUT2D eigenvalue weighted by atomic mass is 19.1. The molecule has 3 aromatic rings. The number of amides is 1. The standard InChI is InChI=1S/C22H23FN6O2/c1-29(2)11-12-31-18-8-9-24-13-17(18)26-22(30)16-7-10-25-21-19(16)27-20(28-21)14-3-5-15(23)6-4-14/h3-10,24H,11-13H2,1-2H3,(H,26,30)(H,25,27,28). The van der Waals surface area contributed by atoms with E-state index in [9.17, 15) is 9.18 Å². The van der Waals surface area contributed by atoms with Crippen LogP contribution in [0.2, 0.25) is 0 Å². The zero-order chi connectivity index (χ0) is 21.8. The number of aromatic amines is 1. The molecule has 4 rings (SSSR count). The molecule has 1 amide bonds. The van der Waals surface area contributed by atoms with Gasteiger partial charge in [0.05, 0.1) is 23.3 Å². The SMILES string of the molecule is CN(C)CCOC1=C(NC(=O)c2ccnc3nc(-c4ccc(F)cc4)[nH]c23)CNC=C1. The number of hydrogen-bond acceptors (Lipinski definition) is 6. The van der Waals surface area contributed by atoms with Crippen molar-refractivity contribution in [2.24, 2.45) is 0 Å². The molecule has 0 unspecified atom stereocenters. The molecule has 0 fully saturated rings.